The molecule has 6 fully saturated rings. The predicted octanol–water partition coefficient (Wildman–Crippen LogP) is -2.40. The van der Waals surface area contributed by atoms with E-state index in [9.17, 15) is 4.79 Å². The molecular formula is C7H11O14Si8. The number of hydrogen-bond acceptors (Lipinski definition) is 14. The summed E-state index contributed by atoms with van der Waals surface area (Å²) < 4.78 is 75.2. The van der Waals surface area contributed by atoms with Crippen LogP contribution in [0.2, 0.25) is 6.04 Å². The number of carbonyl (C=O) groups is 1. The molecule has 0 aromatic heterocycles. The van der Waals surface area contributed by atoms with Crippen molar-refractivity contribution in [3.05, 3.63) is 12.2 Å². The van der Waals surface area contributed by atoms with Crippen molar-refractivity contribution in [2.45, 2.75) is 19.4 Å². The van der Waals surface area contributed by atoms with E-state index in [1.807, 2.05) is 0 Å². The topological polar surface area (TPSA) is 137 Å². The fourth-order valence-corrected chi connectivity index (χ4v) is 25.0. The van der Waals surface area contributed by atoms with Gasteiger partial charge in [0.15, 0.2) is 0 Å². The number of rotatable bonds is 5. The maximum atomic E-state index is 11.6. The lowest BCUT2D eigenvalue weighted by atomic mass is 10.4. The van der Waals surface area contributed by atoms with E-state index < -0.39 is 81.5 Å². The van der Waals surface area contributed by atoms with E-state index >= 15 is 0 Å². The lowest BCUT2D eigenvalue weighted by Gasteiger charge is -2.44. The van der Waals surface area contributed by atoms with Crippen molar-refractivity contribution in [2.75, 3.05) is 6.61 Å². The maximum absolute atomic E-state index is 11.6. The zero-order chi connectivity index (χ0) is 20.0. The molecule has 0 spiro atoms. The lowest BCUT2D eigenvalue weighted by Crippen LogP contribution is -2.72. The molecule has 0 atom stereocenters. The quantitative estimate of drug-likeness (QED) is 0.157. The third kappa shape index (κ3) is 4.95. The Balaban J connectivity index is 1.37. The Hall–Kier alpha value is 0.465. The van der Waals surface area contributed by atoms with Gasteiger partial charge in [0.2, 0.25) is 0 Å². The Morgan fingerprint density at radius 3 is 1.52 bits per heavy atom. The number of carbonyl (C=O) groups excluding carboxylic acids is 1. The average molecular weight is 544 g/mol. The van der Waals surface area contributed by atoms with Crippen molar-refractivity contribution >= 4 is 81.5 Å². The fourth-order valence-electron chi connectivity index (χ4n) is 2.22. The average Bonchev–Trinajstić information content (AvgIpc) is 2.54. The molecule has 7 radical (unpaired) electrons. The van der Waals surface area contributed by atoms with Crippen LogP contribution in [0.25, 0.3) is 0 Å². The minimum Gasteiger partial charge on any atom is -0.462 e. The highest BCUT2D eigenvalue weighted by atomic mass is 28.6. The molecule has 6 rings (SSSR count). The minimum absolute atomic E-state index is 0.119. The molecule has 6 aliphatic rings. The van der Waals surface area contributed by atoms with Gasteiger partial charge in [0.1, 0.15) is 0 Å². The Morgan fingerprint density at radius 1 is 0.759 bits per heavy atom. The van der Waals surface area contributed by atoms with Gasteiger partial charge < -0.3 is 54.1 Å². The van der Waals surface area contributed by atoms with Gasteiger partial charge in [-0.15, -0.1) is 0 Å². The van der Waals surface area contributed by atoms with Crippen molar-refractivity contribution in [1.29, 1.82) is 0 Å². The second-order valence-electron chi connectivity index (χ2n) is 5.68. The van der Waals surface area contributed by atoms with Crippen LogP contribution >= 0.6 is 0 Å². The van der Waals surface area contributed by atoms with Gasteiger partial charge in [0.25, 0.3) is 0 Å². The first-order valence-electron chi connectivity index (χ1n) is 8.05. The minimum atomic E-state index is -3.49. The standard InChI is InChI=1S/C7H11O14Si8/c1-6(2)7(8)9-4-3-5-29-19-26-13-23-10-22-11-24(15-26)17-28(21-29)18-25(12-22)16-27(14-23)20-29/h1,3-5H2,2H3. The zero-order valence-corrected chi connectivity index (χ0v) is 22.5. The summed E-state index contributed by atoms with van der Waals surface area (Å²) >= 11 is 0. The van der Waals surface area contributed by atoms with Crippen molar-refractivity contribution < 1.29 is 58.9 Å². The van der Waals surface area contributed by atoms with E-state index in [0.717, 1.165) is 0 Å². The molecule has 0 aromatic carbocycles. The molecule has 0 saturated carbocycles. The van der Waals surface area contributed by atoms with Gasteiger partial charge >= 0.3 is 81.5 Å². The van der Waals surface area contributed by atoms with Gasteiger partial charge in [0.05, 0.1) is 6.61 Å². The summed E-state index contributed by atoms with van der Waals surface area (Å²) in [7, 11) is -20.0. The van der Waals surface area contributed by atoms with Crippen molar-refractivity contribution in [1.82, 2.24) is 0 Å². The van der Waals surface area contributed by atoms with Gasteiger partial charge in [-0.25, -0.2) is 4.79 Å². The number of esters is 1. The first-order valence-corrected chi connectivity index (χ1v) is 18.6. The molecule has 6 aliphatic heterocycles. The summed E-state index contributed by atoms with van der Waals surface area (Å²) in [5, 5.41) is 0. The lowest BCUT2D eigenvalue weighted by molar-refractivity contribution is -0.139. The summed E-state index contributed by atoms with van der Waals surface area (Å²) in [6, 6.07) is 0.267. The third-order valence-electron chi connectivity index (χ3n) is 3.43. The second-order valence-corrected chi connectivity index (χ2v) is 20.8. The van der Waals surface area contributed by atoms with Crippen LogP contribution < -0.4 is 0 Å². The van der Waals surface area contributed by atoms with Gasteiger partial charge in [0, 0.05) is 11.6 Å². The first kappa shape index (κ1) is 21.3. The Labute approximate surface area is 178 Å². The van der Waals surface area contributed by atoms with Crippen LogP contribution in [0, 0.1) is 0 Å². The number of hydrogen-bond donors (Lipinski definition) is 0. The highest BCUT2D eigenvalue weighted by Crippen LogP contribution is 2.32. The SMILES string of the molecule is C=C(C)C(=O)OCCC[Si]12O[Si]3O[Si]4O[Si]5O[Si](O3)O[Si](O[Si](O5)O[Si](O4)O1)O2. The molecule has 29 heavy (non-hydrogen) atoms. The van der Waals surface area contributed by atoms with Gasteiger partial charge in [-0.2, -0.15) is 0 Å². The van der Waals surface area contributed by atoms with Crippen LogP contribution in [-0.2, 0) is 58.9 Å². The van der Waals surface area contributed by atoms with E-state index in [-0.39, 0.29) is 12.7 Å². The summed E-state index contributed by atoms with van der Waals surface area (Å²) in [5.74, 6) is -0.479. The van der Waals surface area contributed by atoms with E-state index in [1.165, 1.54) is 0 Å². The van der Waals surface area contributed by atoms with E-state index in [4.69, 9.17) is 54.1 Å². The molecule has 8 bridgehead atoms. The molecule has 0 N–H and O–H groups in total. The fraction of sp³-hybridized carbons (Fsp3) is 0.571. The largest absolute Gasteiger partial charge is 0.553 e. The van der Waals surface area contributed by atoms with Crippen LogP contribution in [-0.4, -0.2) is 88.1 Å². The van der Waals surface area contributed by atoms with Crippen LogP contribution in [0.3, 0.4) is 0 Å². The van der Waals surface area contributed by atoms with Gasteiger partial charge in [-0.1, -0.05) is 6.58 Å². The molecule has 0 aromatic rings. The molecule has 6 saturated heterocycles. The van der Waals surface area contributed by atoms with Gasteiger partial charge in [-0.3, -0.25) is 0 Å². The monoisotopic (exact) mass is 543 g/mol. The number of ether oxygens (including phenoxy) is 1. The van der Waals surface area contributed by atoms with Crippen molar-refractivity contribution in [2.24, 2.45) is 0 Å². The molecule has 0 unspecified atom stereocenters. The highest BCUT2D eigenvalue weighted by molar-refractivity contribution is 6.86. The highest BCUT2D eigenvalue weighted by Gasteiger charge is 2.65. The summed E-state index contributed by atoms with van der Waals surface area (Å²) in [4.78, 5) is 11.6. The van der Waals surface area contributed by atoms with Gasteiger partial charge in [-0.05, 0) is 13.3 Å². The van der Waals surface area contributed by atoms with E-state index in [1.54, 1.807) is 6.92 Å². The van der Waals surface area contributed by atoms with Crippen molar-refractivity contribution in [3.8, 4) is 0 Å². The normalized spacial score (nSPS) is 29.3. The van der Waals surface area contributed by atoms with Crippen LogP contribution in [0.15, 0.2) is 12.2 Å². The molecule has 6 heterocycles. The van der Waals surface area contributed by atoms with E-state index in [2.05, 4.69) is 6.58 Å². The predicted molar refractivity (Wildman–Crippen MR) is 94.2 cm³/mol. The second kappa shape index (κ2) is 8.78. The van der Waals surface area contributed by atoms with Crippen LogP contribution in [0.4, 0.5) is 0 Å². The molecular weight excluding hydrogens is 533 g/mol. The Kier molecular flexibility index (Phi) is 6.45. The van der Waals surface area contributed by atoms with E-state index in [0.29, 0.717) is 12.0 Å². The summed E-state index contributed by atoms with van der Waals surface area (Å²) in [6.45, 7) is 5.23. The maximum Gasteiger partial charge on any atom is 0.553 e. The van der Waals surface area contributed by atoms with Crippen molar-refractivity contribution in [3.63, 3.8) is 0 Å². The Morgan fingerprint density at radius 2 is 1.14 bits per heavy atom. The van der Waals surface area contributed by atoms with Crippen LogP contribution in [0.5, 0.6) is 0 Å². The molecule has 22 heteroatoms. The molecule has 0 amide bonds. The summed E-state index contributed by atoms with van der Waals surface area (Å²) in [6.07, 6.45) is 0.384. The molecule has 0 aliphatic carbocycles. The zero-order valence-electron chi connectivity index (χ0n) is 14.5. The molecule has 155 valence electrons. The smallest absolute Gasteiger partial charge is 0.462 e. The summed E-state index contributed by atoms with van der Waals surface area (Å²) in [5.41, 5.74) is 0.311. The third-order valence-corrected chi connectivity index (χ3v) is 22.1. The molecule has 14 nitrogen and oxygen atoms in total. The first-order chi connectivity index (χ1) is 14.0. The Bertz CT molecular complexity index is 592. The van der Waals surface area contributed by atoms with Crippen LogP contribution in [0.1, 0.15) is 13.3 Å².